The Morgan fingerprint density at radius 2 is 2.20 bits per heavy atom. The lowest BCUT2D eigenvalue weighted by atomic mass is 10.0. The van der Waals surface area contributed by atoms with E-state index in [0.29, 0.717) is 11.3 Å². The van der Waals surface area contributed by atoms with Crippen LogP contribution in [0.5, 0.6) is 0 Å². The van der Waals surface area contributed by atoms with Gasteiger partial charge >= 0.3 is 5.97 Å². The van der Waals surface area contributed by atoms with Gasteiger partial charge in [0.15, 0.2) is 10.8 Å². The van der Waals surface area contributed by atoms with Gasteiger partial charge in [-0.1, -0.05) is 5.16 Å². The zero-order valence-electron chi connectivity index (χ0n) is 15.1. The van der Waals surface area contributed by atoms with Gasteiger partial charge in [0.1, 0.15) is 23.2 Å². The van der Waals surface area contributed by atoms with Crippen molar-refractivity contribution in [2.24, 2.45) is 5.16 Å². The van der Waals surface area contributed by atoms with Crippen LogP contribution in [0.25, 0.3) is 0 Å². The van der Waals surface area contributed by atoms with Crippen molar-refractivity contribution in [3.05, 3.63) is 22.3 Å². The highest BCUT2D eigenvalue weighted by Crippen LogP contribution is 2.44. The molecule has 1 unspecified atom stereocenters. The number of β-lactam (4-membered cyclic amide) rings is 1. The Kier molecular flexibility index (Phi) is 5.21. The van der Waals surface area contributed by atoms with E-state index in [2.05, 4.69) is 20.3 Å². The fourth-order valence-corrected chi connectivity index (χ4v) is 5.23. The molecule has 0 radical (unpaired) electrons. The number of aliphatic hydroxyl groups excluding tert-OH is 1. The van der Waals surface area contributed by atoms with Crippen LogP contribution in [0.3, 0.4) is 0 Å². The highest BCUT2D eigenvalue weighted by Gasteiger charge is 2.56. The Morgan fingerprint density at radius 3 is 2.87 bits per heavy atom. The number of thioether (sulfide) groups is 1. The van der Waals surface area contributed by atoms with Crippen LogP contribution in [-0.2, 0) is 24.0 Å². The van der Waals surface area contributed by atoms with Crippen LogP contribution < -0.4 is 11.1 Å². The number of oxime groups is 1. The van der Waals surface area contributed by atoms with Crippen molar-refractivity contribution in [1.29, 1.82) is 0 Å². The maximum absolute atomic E-state index is 12.8. The molecule has 1 fully saturated rings. The van der Waals surface area contributed by atoms with Crippen LogP contribution in [0.4, 0.5) is 5.13 Å². The maximum Gasteiger partial charge on any atom is 0.344 e. The van der Waals surface area contributed by atoms with Gasteiger partial charge in [-0.15, -0.1) is 23.1 Å². The lowest BCUT2D eigenvalue weighted by Crippen LogP contribution is -2.70. The third-order valence-electron chi connectivity index (χ3n) is 4.63. The lowest BCUT2D eigenvalue weighted by molar-refractivity contribution is -0.147. The Morgan fingerprint density at radius 1 is 1.43 bits per heavy atom. The lowest BCUT2D eigenvalue weighted by Gasteiger charge is -2.49. The van der Waals surface area contributed by atoms with Gasteiger partial charge in [0.2, 0.25) is 12.4 Å². The van der Waals surface area contributed by atoms with Crippen molar-refractivity contribution in [2.75, 3.05) is 18.1 Å². The van der Waals surface area contributed by atoms with Gasteiger partial charge in [0.25, 0.3) is 11.8 Å². The first-order valence-corrected chi connectivity index (χ1v) is 10.5. The largest absolute Gasteiger partial charge is 0.479 e. The predicted octanol–water partition coefficient (Wildman–Crippen LogP) is -1.48. The number of carbonyl (C=O) groups excluding carboxylic acids is 3. The molecule has 1 aromatic heterocycles. The topological polar surface area (TPSA) is 185 Å². The van der Waals surface area contributed by atoms with Crippen molar-refractivity contribution < 1.29 is 34.2 Å². The minimum absolute atomic E-state index is 0.0689. The molecule has 14 heteroatoms. The number of fused-ring (bicyclic) bond motifs is 2. The second-order valence-corrected chi connectivity index (χ2v) is 8.57. The number of amides is 2. The Labute approximate surface area is 176 Å². The van der Waals surface area contributed by atoms with Crippen LogP contribution in [0.15, 0.2) is 21.8 Å². The number of ketones is 1. The molecule has 30 heavy (non-hydrogen) atoms. The molecule has 0 aromatic carbocycles. The molecule has 0 spiro atoms. The number of carbonyl (C=O) groups is 4. The quantitative estimate of drug-likeness (QED) is 0.225. The van der Waals surface area contributed by atoms with Gasteiger partial charge in [-0.25, -0.2) is 9.78 Å². The number of Topliss-reactive ketones (excluding diaryl/α,β-unsaturated/α-hetero) is 1. The van der Waals surface area contributed by atoms with E-state index >= 15 is 0 Å². The molecule has 4 rings (SSSR count). The monoisotopic (exact) mass is 453 g/mol. The Bertz CT molecular complexity index is 1020. The van der Waals surface area contributed by atoms with Crippen molar-refractivity contribution in [2.45, 2.75) is 23.9 Å². The minimum Gasteiger partial charge on any atom is -0.479 e. The number of rotatable bonds is 6. The summed E-state index contributed by atoms with van der Waals surface area (Å²) < 4.78 is 0. The molecular formula is C16H15N5O7S2. The first-order valence-electron chi connectivity index (χ1n) is 8.61. The first kappa shape index (κ1) is 20.3. The number of nitrogens with zero attached hydrogens (tertiary/aromatic N) is 3. The summed E-state index contributed by atoms with van der Waals surface area (Å²) in [5.41, 5.74) is 6.25. The average Bonchev–Trinajstić information content (AvgIpc) is 3.25. The standard InChI is InChI=1S/C16H15N5O7S2/c17-16-18-6(4-30-16)9(20-28-2-8(23)24)13(26)19-10-14(27)21-11-5(3-29-15(10)21)1-7(22)12(11)25/h4,7,10,15,22H,1-3H2,(H2,17,18)(H,19,26)(H,23,24)/b20-9-/t7?,10-,15-/m1/s1. The van der Waals surface area contributed by atoms with Gasteiger partial charge in [-0.3, -0.25) is 19.3 Å². The molecule has 3 aliphatic rings. The molecule has 5 N–H and O–H groups in total. The Hall–Kier alpha value is -2.97. The first-order chi connectivity index (χ1) is 14.3. The van der Waals surface area contributed by atoms with Crippen LogP contribution in [-0.4, -0.2) is 79.3 Å². The van der Waals surface area contributed by atoms with Crippen LogP contribution >= 0.6 is 23.1 Å². The molecule has 0 bridgehead atoms. The third-order valence-corrected chi connectivity index (χ3v) is 6.65. The zero-order chi connectivity index (χ0) is 21.6. The SMILES string of the molecule is Nc1nc(/C(=N/OCC(=O)O)C(=O)N[C@@H]2C(=O)N3C4=C(CS[C@H]23)CC(O)C4=O)cs1. The number of nitrogens with one attached hydrogen (secondary N) is 1. The highest BCUT2D eigenvalue weighted by atomic mass is 32.2. The van der Waals surface area contributed by atoms with E-state index in [1.54, 1.807) is 0 Å². The van der Waals surface area contributed by atoms with Gasteiger partial charge in [0.05, 0.1) is 5.70 Å². The van der Waals surface area contributed by atoms with Gasteiger partial charge in [-0.2, -0.15) is 0 Å². The summed E-state index contributed by atoms with van der Waals surface area (Å²) in [6.45, 7) is -0.771. The number of anilines is 1. The van der Waals surface area contributed by atoms with Crippen LogP contribution in [0, 0.1) is 0 Å². The van der Waals surface area contributed by atoms with Gasteiger partial charge < -0.3 is 26.1 Å². The molecule has 3 heterocycles. The number of thiazole rings is 1. The number of aromatic nitrogens is 1. The van der Waals surface area contributed by atoms with E-state index in [1.807, 2.05) is 0 Å². The maximum atomic E-state index is 12.8. The van der Waals surface area contributed by atoms with E-state index in [1.165, 1.54) is 22.0 Å². The van der Waals surface area contributed by atoms with Gasteiger partial charge in [0, 0.05) is 17.6 Å². The number of aliphatic carboxylic acids is 1. The molecule has 0 saturated carbocycles. The normalized spacial score (nSPS) is 25.6. The summed E-state index contributed by atoms with van der Waals surface area (Å²) in [7, 11) is 0. The zero-order valence-corrected chi connectivity index (χ0v) is 16.7. The van der Waals surface area contributed by atoms with E-state index in [9.17, 15) is 24.3 Å². The van der Waals surface area contributed by atoms with Crippen molar-refractivity contribution in [3.8, 4) is 0 Å². The molecule has 3 atom stereocenters. The molecule has 1 aromatic rings. The summed E-state index contributed by atoms with van der Waals surface area (Å²) in [5.74, 6) is -2.60. The summed E-state index contributed by atoms with van der Waals surface area (Å²) in [5, 5.41) is 25.6. The molecule has 12 nitrogen and oxygen atoms in total. The summed E-state index contributed by atoms with van der Waals surface area (Å²) in [6, 6.07) is -0.928. The fourth-order valence-electron chi connectivity index (χ4n) is 3.33. The average molecular weight is 453 g/mol. The van der Waals surface area contributed by atoms with Crippen molar-refractivity contribution in [3.63, 3.8) is 0 Å². The summed E-state index contributed by atoms with van der Waals surface area (Å²) in [4.78, 5) is 58.1. The third kappa shape index (κ3) is 3.42. The second-order valence-electron chi connectivity index (χ2n) is 6.58. The second kappa shape index (κ2) is 7.70. The van der Waals surface area contributed by atoms with E-state index in [0.717, 1.165) is 11.3 Å². The fraction of sp³-hybridized carbons (Fsp3) is 0.375. The highest BCUT2D eigenvalue weighted by molar-refractivity contribution is 8.00. The van der Waals surface area contributed by atoms with Crippen LogP contribution in [0.2, 0.25) is 0 Å². The number of carboxylic acids is 1. The molecule has 2 amide bonds. The number of nitrogen functional groups attached to an aromatic ring is 1. The van der Waals surface area contributed by atoms with Crippen LogP contribution in [0.1, 0.15) is 12.1 Å². The smallest absolute Gasteiger partial charge is 0.344 e. The molecule has 1 aliphatic carbocycles. The summed E-state index contributed by atoms with van der Waals surface area (Å²) >= 11 is 2.41. The summed E-state index contributed by atoms with van der Waals surface area (Å²) in [6.07, 6.45) is -0.937. The number of aliphatic hydroxyl groups is 1. The minimum atomic E-state index is -1.28. The number of nitrogens with two attached hydrogens (primary N) is 1. The predicted molar refractivity (Wildman–Crippen MR) is 104 cm³/mol. The number of hydrogen-bond donors (Lipinski definition) is 4. The van der Waals surface area contributed by atoms with Crippen molar-refractivity contribution >= 4 is 57.5 Å². The van der Waals surface area contributed by atoms with Gasteiger partial charge in [-0.05, 0) is 5.57 Å². The molecule has 158 valence electrons. The molecule has 1 saturated heterocycles. The van der Waals surface area contributed by atoms with E-state index < -0.39 is 47.7 Å². The van der Waals surface area contributed by atoms with Crippen molar-refractivity contribution in [1.82, 2.24) is 15.2 Å². The number of hydrogen-bond acceptors (Lipinski definition) is 11. The van der Waals surface area contributed by atoms with E-state index in [-0.39, 0.29) is 28.7 Å². The van der Waals surface area contributed by atoms with E-state index in [4.69, 9.17) is 10.8 Å². The number of carboxylic acid groups (broad SMARTS) is 1. The molecular weight excluding hydrogens is 438 g/mol. The molecule has 2 aliphatic heterocycles. The Balaban J connectivity index is 1.50.